The molecule has 1 aliphatic rings. The summed E-state index contributed by atoms with van der Waals surface area (Å²) >= 11 is 0. The van der Waals surface area contributed by atoms with Gasteiger partial charge in [0.2, 0.25) is 0 Å². The van der Waals surface area contributed by atoms with Gasteiger partial charge in [0.05, 0.1) is 23.2 Å². The van der Waals surface area contributed by atoms with Crippen molar-refractivity contribution in [1.29, 1.82) is 0 Å². The van der Waals surface area contributed by atoms with Crippen LogP contribution in [0.4, 0.5) is 23.7 Å². The van der Waals surface area contributed by atoms with Crippen LogP contribution in [0.15, 0.2) is 54.9 Å². The molecule has 31 heavy (non-hydrogen) atoms. The predicted molar refractivity (Wildman–Crippen MR) is 108 cm³/mol. The molecule has 0 radical (unpaired) electrons. The fraction of sp³-hybridized carbons (Fsp3) is 0.182. The van der Waals surface area contributed by atoms with E-state index in [-0.39, 0.29) is 18.4 Å². The summed E-state index contributed by atoms with van der Waals surface area (Å²) in [7, 11) is 0. The predicted octanol–water partition coefficient (Wildman–Crippen LogP) is 2.89. The Morgan fingerprint density at radius 1 is 1.26 bits per heavy atom. The number of amides is 1. The molecule has 1 atom stereocenters. The Hall–Kier alpha value is -3.59. The quantitative estimate of drug-likeness (QED) is 0.669. The Morgan fingerprint density at radius 2 is 2.10 bits per heavy atom. The normalized spacial score (nSPS) is 15.4. The number of fused-ring (bicyclic) bond motifs is 1. The first-order valence-corrected chi connectivity index (χ1v) is 9.44. The third-order valence-corrected chi connectivity index (χ3v) is 4.76. The Bertz CT molecular complexity index is 1230. The van der Waals surface area contributed by atoms with Crippen molar-refractivity contribution in [3.8, 4) is 5.75 Å². The van der Waals surface area contributed by atoms with Crippen molar-refractivity contribution in [2.75, 3.05) is 5.32 Å². The molecule has 0 spiro atoms. The van der Waals surface area contributed by atoms with E-state index in [1.807, 2.05) is 12.2 Å². The number of aliphatic hydroxyl groups excluding tert-OH is 1. The van der Waals surface area contributed by atoms with Crippen molar-refractivity contribution in [3.05, 3.63) is 76.7 Å². The summed E-state index contributed by atoms with van der Waals surface area (Å²) in [6.07, 6.45) is 2.53. The second kappa shape index (κ2) is 8.27. The first-order valence-electron chi connectivity index (χ1n) is 9.44. The van der Waals surface area contributed by atoms with Gasteiger partial charge >= 0.3 is 12.2 Å². The molecule has 0 bridgehead atoms. The molecular weight excluding hydrogens is 411 g/mol. The van der Waals surface area contributed by atoms with Gasteiger partial charge in [0.1, 0.15) is 11.9 Å². The van der Waals surface area contributed by atoms with E-state index in [2.05, 4.69) is 10.3 Å². The molecule has 3 aromatic rings. The highest BCUT2D eigenvalue weighted by Gasteiger charge is 2.30. The molecule has 0 fully saturated rings. The summed E-state index contributed by atoms with van der Waals surface area (Å²) in [5.41, 5.74) is -0.281. The van der Waals surface area contributed by atoms with Crippen LogP contribution in [0, 0.1) is 0 Å². The molecular formula is C22H18F3N3O3. The maximum Gasteiger partial charge on any atom is 0.416 e. The van der Waals surface area contributed by atoms with Crippen LogP contribution in [0.5, 0.6) is 5.75 Å². The van der Waals surface area contributed by atoms with Gasteiger partial charge in [-0.1, -0.05) is 12.1 Å². The van der Waals surface area contributed by atoms with Gasteiger partial charge in [-0.05, 0) is 41.6 Å². The maximum atomic E-state index is 12.9. The molecule has 160 valence electrons. The molecule has 2 heterocycles. The topological polar surface area (TPSA) is 76.4 Å². The Kier molecular flexibility index (Phi) is 5.51. The van der Waals surface area contributed by atoms with Gasteiger partial charge in [0.15, 0.2) is 0 Å². The number of pyridine rings is 1. The number of carbonyl (C=O) groups excluding carboxylic acids is 1. The van der Waals surface area contributed by atoms with Crippen molar-refractivity contribution in [1.82, 2.24) is 9.55 Å². The van der Waals surface area contributed by atoms with E-state index in [0.29, 0.717) is 23.2 Å². The van der Waals surface area contributed by atoms with Crippen LogP contribution in [0.3, 0.4) is 0 Å². The van der Waals surface area contributed by atoms with Crippen molar-refractivity contribution in [2.24, 2.45) is 0 Å². The minimum Gasteiger partial charge on any atom is -0.486 e. The zero-order chi connectivity index (χ0) is 22.0. The number of hydrogen-bond donors (Lipinski definition) is 2. The van der Waals surface area contributed by atoms with Crippen LogP contribution < -0.4 is 20.6 Å². The van der Waals surface area contributed by atoms with Gasteiger partial charge in [-0.2, -0.15) is 13.2 Å². The van der Waals surface area contributed by atoms with Crippen molar-refractivity contribution >= 4 is 23.9 Å². The lowest BCUT2D eigenvalue weighted by atomic mass is 10.1. The van der Waals surface area contributed by atoms with Crippen LogP contribution in [0.1, 0.15) is 17.7 Å². The van der Waals surface area contributed by atoms with Crippen molar-refractivity contribution < 1.29 is 27.8 Å². The molecule has 0 saturated carbocycles. The summed E-state index contributed by atoms with van der Waals surface area (Å²) in [5, 5.41) is 13.1. The minimum absolute atomic E-state index is 0.0562. The van der Waals surface area contributed by atoms with E-state index in [9.17, 15) is 23.1 Å². The molecule has 6 nitrogen and oxygen atoms in total. The molecule has 1 aromatic carbocycles. The van der Waals surface area contributed by atoms with Crippen LogP contribution >= 0.6 is 0 Å². The molecule has 1 amide bonds. The average Bonchev–Trinajstić information content (AvgIpc) is 3.17. The Labute approximate surface area is 174 Å². The zero-order valence-corrected chi connectivity index (χ0v) is 16.1. The van der Waals surface area contributed by atoms with E-state index in [1.165, 1.54) is 16.7 Å². The number of hydrogen-bond acceptors (Lipinski definition) is 4. The number of carbonyl (C=O) groups is 1. The van der Waals surface area contributed by atoms with Crippen LogP contribution in [0.25, 0.3) is 12.2 Å². The first kappa shape index (κ1) is 20.7. The molecule has 0 saturated heterocycles. The zero-order valence-electron chi connectivity index (χ0n) is 16.1. The number of nitrogens with zero attached hydrogens (tertiary/aromatic N) is 2. The molecule has 0 aliphatic heterocycles. The SMILES string of the molecule is O=C(Nc1cccc(C(F)(F)F)c1)n1ccc2c1=CCC(Oc1ccnc(CO)c1)C=2. The first-order chi connectivity index (χ1) is 14.8. The van der Waals surface area contributed by atoms with E-state index in [4.69, 9.17) is 4.74 Å². The van der Waals surface area contributed by atoms with Gasteiger partial charge in [-0.25, -0.2) is 4.79 Å². The second-order valence-electron chi connectivity index (χ2n) is 6.94. The Morgan fingerprint density at radius 3 is 2.87 bits per heavy atom. The molecule has 1 unspecified atom stereocenters. The number of rotatable bonds is 4. The lowest BCUT2D eigenvalue weighted by Gasteiger charge is -2.16. The summed E-state index contributed by atoms with van der Waals surface area (Å²) in [5.74, 6) is 0.568. The van der Waals surface area contributed by atoms with Gasteiger partial charge < -0.3 is 15.2 Å². The van der Waals surface area contributed by atoms with Crippen molar-refractivity contribution in [3.63, 3.8) is 0 Å². The summed E-state index contributed by atoms with van der Waals surface area (Å²) in [6, 6.07) is 8.99. The summed E-state index contributed by atoms with van der Waals surface area (Å²) in [4.78, 5) is 16.6. The van der Waals surface area contributed by atoms with Gasteiger partial charge in [0.25, 0.3) is 0 Å². The number of halogens is 3. The fourth-order valence-corrected chi connectivity index (χ4v) is 3.32. The molecule has 4 rings (SSSR count). The minimum atomic E-state index is -4.49. The number of ether oxygens (including phenoxy) is 1. The lowest BCUT2D eigenvalue weighted by molar-refractivity contribution is -0.137. The van der Waals surface area contributed by atoms with E-state index < -0.39 is 17.8 Å². The molecule has 1 aliphatic carbocycles. The van der Waals surface area contributed by atoms with E-state index in [0.717, 1.165) is 17.4 Å². The van der Waals surface area contributed by atoms with Crippen LogP contribution in [-0.4, -0.2) is 26.8 Å². The summed E-state index contributed by atoms with van der Waals surface area (Å²) < 4.78 is 45.9. The monoisotopic (exact) mass is 429 g/mol. The number of aliphatic hydroxyl groups is 1. The molecule has 2 aromatic heterocycles. The third-order valence-electron chi connectivity index (χ3n) is 4.76. The number of anilines is 1. The number of nitrogens with one attached hydrogen (secondary N) is 1. The fourth-order valence-electron chi connectivity index (χ4n) is 3.32. The highest BCUT2D eigenvalue weighted by Crippen LogP contribution is 2.30. The van der Waals surface area contributed by atoms with Crippen molar-refractivity contribution in [2.45, 2.75) is 25.3 Å². The lowest BCUT2D eigenvalue weighted by Crippen LogP contribution is -2.39. The van der Waals surface area contributed by atoms with Gasteiger partial charge in [-0.15, -0.1) is 0 Å². The highest BCUT2D eigenvalue weighted by atomic mass is 19.4. The maximum absolute atomic E-state index is 12.9. The summed E-state index contributed by atoms with van der Waals surface area (Å²) in [6.45, 7) is -0.189. The third kappa shape index (κ3) is 4.61. The molecule has 2 N–H and O–H groups in total. The van der Waals surface area contributed by atoms with Gasteiger partial charge in [0, 0.05) is 30.6 Å². The Balaban J connectivity index is 1.52. The van der Waals surface area contributed by atoms with E-state index in [1.54, 1.807) is 30.6 Å². The second-order valence-corrected chi connectivity index (χ2v) is 6.94. The standard InChI is InChI=1S/C22H18F3N3O3/c23-22(24,25)15-2-1-3-16(11-15)27-21(30)28-9-7-14-10-18(4-5-20(14)28)31-19-6-8-26-17(12-19)13-29/h1-3,5-12,18,29H,4,13H2,(H,27,30). The average molecular weight is 429 g/mol. The van der Waals surface area contributed by atoms with E-state index >= 15 is 0 Å². The van der Waals surface area contributed by atoms with Crippen LogP contribution in [0.2, 0.25) is 0 Å². The number of alkyl halides is 3. The number of aromatic nitrogens is 2. The van der Waals surface area contributed by atoms with Crippen LogP contribution in [-0.2, 0) is 12.8 Å². The molecule has 9 heteroatoms. The number of benzene rings is 1. The largest absolute Gasteiger partial charge is 0.486 e. The highest BCUT2D eigenvalue weighted by molar-refractivity contribution is 5.91. The smallest absolute Gasteiger partial charge is 0.416 e. The van der Waals surface area contributed by atoms with Gasteiger partial charge in [-0.3, -0.25) is 9.55 Å².